The Bertz CT molecular complexity index is 930. The van der Waals surface area contributed by atoms with E-state index in [9.17, 15) is 0 Å². The molecular weight excluding hydrogens is 396 g/mol. The van der Waals surface area contributed by atoms with Crippen LogP contribution in [0.2, 0.25) is 20.1 Å². The molecule has 128 valence electrons. The Morgan fingerprint density at radius 2 is 1.40 bits per heavy atom. The third-order valence-electron chi connectivity index (χ3n) is 4.38. The maximum atomic E-state index is 6.36. The number of pyridine rings is 1. The minimum atomic E-state index is 0.515. The number of aromatic nitrogens is 1. The summed E-state index contributed by atoms with van der Waals surface area (Å²) in [6.07, 6.45) is 2.48. The Kier molecular flexibility index (Phi) is 5.60. The molecule has 0 fully saturated rings. The molecule has 0 saturated carbocycles. The van der Waals surface area contributed by atoms with Gasteiger partial charge in [-0.1, -0.05) is 64.6 Å². The topological polar surface area (TPSA) is 12.9 Å². The van der Waals surface area contributed by atoms with Crippen molar-refractivity contribution in [3.8, 4) is 11.3 Å². The highest BCUT2D eigenvalue weighted by Crippen LogP contribution is 2.36. The summed E-state index contributed by atoms with van der Waals surface area (Å²) in [5.41, 5.74) is 5.84. The number of benzene rings is 2. The molecule has 5 heteroatoms. The van der Waals surface area contributed by atoms with Gasteiger partial charge in [-0.25, -0.2) is 0 Å². The first-order valence-corrected chi connectivity index (χ1v) is 9.23. The predicted molar refractivity (Wildman–Crippen MR) is 108 cm³/mol. The van der Waals surface area contributed by atoms with Crippen molar-refractivity contribution in [2.75, 3.05) is 0 Å². The first kappa shape index (κ1) is 18.5. The Balaban J connectivity index is 2.06. The molecule has 2 aromatic carbocycles. The molecule has 0 atom stereocenters. The van der Waals surface area contributed by atoms with Crippen LogP contribution >= 0.6 is 46.4 Å². The summed E-state index contributed by atoms with van der Waals surface area (Å²) in [6.45, 7) is 4.10. The molecule has 0 saturated heterocycles. The summed E-state index contributed by atoms with van der Waals surface area (Å²) in [7, 11) is 0. The Hall–Kier alpha value is -1.25. The minimum Gasteiger partial charge on any atom is -0.256 e. The number of halogens is 4. The van der Waals surface area contributed by atoms with Gasteiger partial charge < -0.3 is 0 Å². The van der Waals surface area contributed by atoms with Gasteiger partial charge in [-0.3, -0.25) is 4.98 Å². The normalized spacial score (nSPS) is 11.0. The molecular formula is C20H15Cl4N. The van der Waals surface area contributed by atoms with E-state index in [2.05, 4.69) is 11.9 Å². The van der Waals surface area contributed by atoms with Crippen LogP contribution in [0.25, 0.3) is 11.3 Å². The number of nitrogens with zero attached hydrogens (tertiary/aromatic N) is 1. The van der Waals surface area contributed by atoms with Crippen LogP contribution in [0.3, 0.4) is 0 Å². The SMILES string of the molecule is Cc1c(Cc2c(Cl)cccc2Cl)cnc(-c2cccc(Cl)c2Cl)c1C. The molecule has 0 aliphatic heterocycles. The Morgan fingerprint density at radius 1 is 0.800 bits per heavy atom. The van der Waals surface area contributed by atoms with Crippen molar-refractivity contribution in [2.24, 2.45) is 0 Å². The van der Waals surface area contributed by atoms with E-state index in [0.29, 0.717) is 26.5 Å². The van der Waals surface area contributed by atoms with Crippen molar-refractivity contribution in [3.63, 3.8) is 0 Å². The zero-order chi connectivity index (χ0) is 18.1. The van der Waals surface area contributed by atoms with Gasteiger partial charge in [0.05, 0.1) is 15.7 Å². The standard InChI is InChI=1S/C20H15Cl4N/c1-11-12(2)20(14-5-3-8-18(23)19(14)24)25-10-13(11)9-15-16(21)6-4-7-17(15)22/h3-8,10H,9H2,1-2H3. The number of hydrogen-bond donors (Lipinski definition) is 0. The van der Waals surface area contributed by atoms with Crippen molar-refractivity contribution in [1.29, 1.82) is 0 Å². The largest absolute Gasteiger partial charge is 0.256 e. The van der Waals surface area contributed by atoms with Crippen LogP contribution in [0.1, 0.15) is 22.3 Å². The van der Waals surface area contributed by atoms with Gasteiger partial charge in [0, 0.05) is 28.2 Å². The molecule has 25 heavy (non-hydrogen) atoms. The molecule has 0 amide bonds. The van der Waals surface area contributed by atoms with E-state index in [1.165, 1.54) is 0 Å². The van der Waals surface area contributed by atoms with E-state index in [4.69, 9.17) is 46.4 Å². The van der Waals surface area contributed by atoms with Crippen LogP contribution in [0, 0.1) is 13.8 Å². The second kappa shape index (κ2) is 7.55. The first-order valence-electron chi connectivity index (χ1n) is 7.72. The zero-order valence-corrected chi connectivity index (χ0v) is 16.7. The molecule has 0 unspecified atom stereocenters. The fourth-order valence-electron chi connectivity index (χ4n) is 2.78. The van der Waals surface area contributed by atoms with Crippen molar-refractivity contribution < 1.29 is 0 Å². The molecule has 1 nitrogen and oxygen atoms in total. The van der Waals surface area contributed by atoms with Crippen LogP contribution < -0.4 is 0 Å². The lowest BCUT2D eigenvalue weighted by atomic mass is 9.96. The third-order valence-corrected chi connectivity index (χ3v) is 5.91. The maximum Gasteiger partial charge on any atom is 0.0749 e. The highest BCUT2D eigenvalue weighted by atomic mass is 35.5. The van der Waals surface area contributed by atoms with Gasteiger partial charge in [0.25, 0.3) is 0 Å². The summed E-state index contributed by atoms with van der Waals surface area (Å²) in [5, 5.41) is 2.35. The monoisotopic (exact) mass is 409 g/mol. The van der Waals surface area contributed by atoms with Crippen molar-refractivity contribution in [3.05, 3.63) is 84.9 Å². The first-order chi connectivity index (χ1) is 11.9. The highest BCUT2D eigenvalue weighted by molar-refractivity contribution is 6.43. The quantitative estimate of drug-likeness (QED) is 0.433. The maximum absolute atomic E-state index is 6.36. The van der Waals surface area contributed by atoms with Crippen LogP contribution in [0.15, 0.2) is 42.6 Å². The van der Waals surface area contributed by atoms with Crippen molar-refractivity contribution in [1.82, 2.24) is 4.98 Å². The second-order valence-electron chi connectivity index (χ2n) is 5.86. The molecule has 3 aromatic rings. The van der Waals surface area contributed by atoms with E-state index < -0.39 is 0 Å². The van der Waals surface area contributed by atoms with Crippen molar-refractivity contribution in [2.45, 2.75) is 20.3 Å². The van der Waals surface area contributed by atoms with Gasteiger partial charge >= 0.3 is 0 Å². The number of rotatable bonds is 3. The predicted octanol–water partition coefficient (Wildman–Crippen LogP) is 7.57. The van der Waals surface area contributed by atoms with E-state index in [1.54, 1.807) is 6.07 Å². The van der Waals surface area contributed by atoms with Crippen LogP contribution in [-0.2, 0) is 6.42 Å². The molecule has 0 aliphatic rings. The van der Waals surface area contributed by atoms with Crippen LogP contribution in [0.4, 0.5) is 0 Å². The average Bonchev–Trinajstić information content (AvgIpc) is 2.58. The summed E-state index contributed by atoms with van der Waals surface area (Å²) in [5.74, 6) is 0. The van der Waals surface area contributed by atoms with E-state index in [-0.39, 0.29) is 0 Å². The van der Waals surface area contributed by atoms with Gasteiger partial charge in [0.2, 0.25) is 0 Å². The Morgan fingerprint density at radius 3 is 2.08 bits per heavy atom. The van der Waals surface area contributed by atoms with Gasteiger partial charge in [0.15, 0.2) is 0 Å². The van der Waals surface area contributed by atoms with Gasteiger partial charge in [-0.05, 0) is 54.3 Å². The zero-order valence-electron chi connectivity index (χ0n) is 13.7. The average molecular weight is 411 g/mol. The summed E-state index contributed by atoms with van der Waals surface area (Å²) >= 11 is 25.1. The Labute approximate surface area is 167 Å². The fourth-order valence-corrected chi connectivity index (χ4v) is 3.70. The molecule has 0 radical (unpaired) electrons. The summed E-state index contributed by atoms with van der Waals surface area (Å²) in [4.78, 5) is 4.64. The fraction of sp³-hybridized carbons (Fsp3) is 0.150. The smallest absolute Gasteiger partial charge is 0.0749 e. The van der Waals surface area contributed by atoms with Gasteiger partial charge in [-0.2, -0.15) is 0 Å². The summed E-state index contributed by atoms with van der Waals surface area (Å²) < 4.78 is 0. The van der Waals surface area contributed by atoms with Crippen LogP contribution in [0.5, 0.6) is 0 Å². The lowest BCUT2D eigenvalue weighted by Gasteiger charge is -2.15. The van der Waals surface area contributed by atoms with Crippen molar-refractivity contribution >= 4 is 46.4 Å². The number of hydrogen-bond acceptors (Lipinski definition) is 1. The molecule has 0 N–H and O–H groups in total. The van der Waals surface area contributed by atoms with Crippen LogP contribution in [-0.4, -0.2) is 4.98 Å². The molecule has 0 spiro atoms. The lowest BCUT2D eigenvalue weighted by molar-refractivity contribution is 1.09. The van der Waals surface area contributed by atoms with Gasteiger partial charge in [-0.15, -0.1) is 0 Å². The molecule has 0 bridgehead atoms. The minimum absolute atomic E-state index is 0.515. The third kappa shape index (κ3) is 3.66. The van der Waals surface area contributed by atoms with E-state index in [0.717, 1.165) is 33.5 Å². The molecule has 1 aromatic heterocycles. The highest BCUT2D eigenvalue weighted by Gasteiger charge is 2.15. The molecule has 0 aliphatic carbocycles. The van der Waals surface area contributed by atoms with E-state index in [1.807, 2.05) is 43.5 Å². The molecule has 3 rings (SSSR count). The van der Waals surface area contributed by atoms with Gasteiger partial charge in [0.1, 0.15) is 0 Å². The summed E-state index contributed by atoms with van der Waals surface area (Å²) in [6, 6.07) is 11.1. The molecule has 1 heterocycles. The van der Waals surface area contributed by atoms with E-state index >= 15 is 0 Å². The lowest BCUT2D eigenvalue weighted by Crippen LogP contribution is -2.00. The second-order valence-corrected chi connectivity index (χ2v) is 7.46.